The Labute approximate surface area is 96.5 Å². The molecule has 88 valence electrons. The highest BCUT2D eigenvalue weighted by molar-refractivity contribution is 5.06. The molecule has 0 spiro atoms. The third-order valence-corrected chi connectivity index (χ3v) is 2.98. The summed E-state index contributed by atoms with van der Waals surface area (Å²) in [5.74, 6) is 0. The van der Waals surface area contributed by atoms with Crippen LogP contribution in [0.2, 0.25) is 0 Å². The van der Waals surface area contributed by atoms with Gasteiger partial charge in [0.15, 0.2) is 0 Å². The van der Waals surface area contributed by atoms with Crippen LogP contribution in [0, 0.1) is 0 Å². The molecule has 0 aromatic rings. The zero-order chi connectivity index (χ0) is 11.5. The van der Waals surface area contributed by atoms with Gasteiger partial charge in [-0.15, -0.1) is 0 Å². The van der Waals surface area contributed by atoms with Crippen LogP contribution in [0.15, 0.2) is 23.3 Å². The van der Waals surface area contributed by atoms with Crippen LogP contribution in [0.25, 0.3) is 0 Å². The molecule has 0 atom stereocenters. The molecule has 0 heteroatoms. The van der Waals surface area contributed by atoms with E-state index in [1.165, 1.54) is 44.9 Å². The third-order valence-electron chi connectivity index (χ3n) is 2.98. The summed E-state index contributed by atoms with van der Waals surface area (Å²) >= 11 is 0. The van der Waals surface area contributed by atoms with Crippen molar-refractivity contribution in [1.82, 2.24) is 0 Å². The number of allylic oxidation sites excluding steroid dienone is 4. The Kier molecular flexibility index (Phi) is 9.67. The van der Waals surface area contributed by atoms with Gasteiger partial charge in [0.1, 0.15) is 0 Å². The molecule has 0 amide bonds. The van der Waals surface area contributed by atoms with Crippen molar-refractivity contribution in [1.29, 1.82) is 0 Å². The van der Waals surface area contributed by atoms with Gasteiger partial charge in [0, 0.05) is 0 Å². The van der Waals surface area contributed by atoms with E-state index in [0.717, 1.165) is 0 Å². The summed E-state index contributed by atoms with van der Waals surface area (Å²) in [7, 11) is 0. The van der Waals surface area contributed by atoms with E-state index >= 15 is 0 Å². The second-order valence-electron chi connectivity index (χ2n) is 4.11. The van der Waals surface area contributed by atoms with E-state index < -0.39 is 0 Å². The Morgan fingerprint density at radius 2 is 1.27 bits per heavy atom. The van der Waals surface area contributed by atoms with E-state index in [4.69, 9.17) is 0 Å². The minimum Gasteiger partial charge on any atom is -0.0853 e. The molecule has 0 saturated carbocycles. The Bertz CT molecular complexity index is 190. The molecule has 0 N–H and O–H groups in total. The molecule has 0 fully saturated rings. The van der Waals surface area contributed by atoms with Crippen LogP contribution in [-0.4, -0.2) is 0 Å². The molecule has 0 aliphatic carbocycles. The smallest absolute Gasteiger partial charge is 0.0286 e. The van der Waals surface area contributed by atoms with Crippen LogP contribution in [0.5, 0.6) is 0 Å². The van der Waals surface area contributed by atoms with Crippen molar-refractivity contribution < 1.29 is 0 Å². The summed E-state index contributed by atoms with van der Waals surface area (Å²) in [5, 5.41) is 0. The molecule has 0 radical (unpaired) electrons. The zero-order valence-electron chi connectivity index (χ0n) is 11.1. The molecule has 0 aliphatic rings. The average Bonchev–Trinajstić information content (AvgIpc) is 2.28. The molecule has 0 aromatic carbocycles. The summed E-state index contributed by atoms with van der Waals surface area (Å²) in [6, 6.07) is 0. The van der Waals surface area contributed by atoms with Crippen LogP contribution >= 0.6 is 0 Å². The van der Waals surface area contributed by atoms with Gasteiger partial charge in [-0.05, 0) is 38.5 Å². The lowest BCUT2D eigenvalue weighted by molar-refractivity contribution is 0.855. The molecular formula is C15H28. The van der Waals surface area contributed by atoms with Gasteiger partial charge in [-0.1, -0.05) is 57.4 Å². The standard InChI is InChI=1S/C15H28/c1-5-9-11-15(8-4)13-10-12-14(6-2)7-3/h11-12H,5-10,13H2,1-4H3/b15-11+. The first kappa shape index (κ1) is 14.5. The largest absolute Gasteiger partial charge is 0.0853 e. The van der Waals surface area contributed by atoms with Gasteiger partial charge in [-0.2, -0.15) is 0 Å². The second kappa shape index (κ2) is 10.0. The van der Waals surface area contributed by atoms with Crippen molar-refractivity contribution in [3.8, 4) is 0 Å². The van der Waals surface area contributed by atoms with Gasteiger partial charge < -0.3 is 0 Å². The van der Waals surface area contributed by atoms with Gasteiger partial charge in [0.25, 0.3) is 0 Å². The molecule has 0 unspecified atom stereocenters. The number of hydrogen-bond acceptors (Lipinski definition) is 0. The fourth-order valence-electron chi connectivity index (χ4n) is 1.77. The maximum Gasteiger partial charge on any atom is -0.0286 e. The molecule has 0 aliphatic heterocycles. The van der Waals surface area contributed by atoms with Gasteiger partial charge >= 0.3 is 0 Å². The van der Waals surface area contributed by atoms with E-state index in [9.17, 15) is 0 Å². The Balaban J connectivity index is 3.95. The van der Waals surface area contributed by atoms with Crippen molar-refractivity contribution >= 4 is 0 Å². The topological polar surface area (TPSA) is 0 Å². The van der Waals surface area contributed by atoms with Crippen LogP contribution in [0.4, 0.5) is 0 Å². The molecule has 0 aromatic heterocycles. The van der Waals surface area contributed by atoms with Crippen molar-refractivity contribution in [2.45, 2.75) is 72.6 Å². The number of unbranched alkanes of at least 4 members (excludes halogenated alkanes) is 1. The second-order valence-corrected chi connectivity index (χ2v) is 4.11. The van der Waals surface area contributed by atoms with Gasteiger partial charge in [-0.3, -0.25) is 0 Å². The first-order valence-corrected chi connectivity index (χ1v) is 6.64. The van der Waals surface area contributed by atoms with Crippen LogP contribution in [0.3, 0.4) is 0 Å². The number of rotatable bonds is 8. The van der Waals surface area contributed by atoms with E-state index in [1.807, 2.05) is 0 Å². The average molecular weight is 208 g/mol. The lowest BCUT2D eigenvalue weighted by atomic mass is 10.0. The summed E-state index contributed by atoms with van der Waals surface area (Å²) < 4.78 is 0. The summed E-state index contributed by atoms with van der Waals surface area (Å²) in [4.78, 5) is 0. The van der Waals surface area contributed by atoms with Gasteiger partial charge in [0.2, 0.25) is 0 Å². The molecule has 0 rings (SSSR count). The van der Waals surface area contributed by atoms with E-state index in [2.05, 4.69) is 39.8 Å². The normalized spacial score (nSPS) is 11.6. The fraction of sp³-hybridized carbons (Fsp3) is 0.733. The van der Waals surface area contributed by atoms with Crippen molar-refractivity contribution in [3.63, 3.8) is 0 Å². The van der Waals surface area contributed by atoms with Gasteiger partial charge in [-0.25, -0.2) is 0 Å². The predicted octanol–water partition coefficient (Wildman–Crippen LogP) is 5.65. The molecule has 15 heavy (non-hydrogen) atoms. The highest BCUT2D eigenvalue weighted by atomic mass is 14.0. The van der Waals surface area contributed by atoms with Crippen molar-refractivity contribution in [3.05, 3.63) is 23.3 Å². The maximum absolute atomic E-state index is 2.44. The molecular weight excluding hydrogens is 180 g/mol. The first-order chi connectivity index (χ1) is 7.28. The first-order valence-electron chi connectivity index (χ1n) is 6.64. The Hall–Kier alpha value is -0.520. The number of hydrogen-bond donors (Lipinski definition) is 0. The molecule has 0 bridgehead atoms. The van der Waals surface area contributed by atoms with Crippen LogP contribution in [0.1, 0.15) is 72.6 Å². The fourth-order valence-corrected chi connectivity index (χ4v) is 1.77. The minimum atomic E-state index is 1.22. The van der Waals surface area contributed by atoms with Crippen molar-refractivity contribution in [2.24, 2.45) is 0 Å². The monoisotopic (exact) mass is 208 g/mol. The van der Waals surface area contributed by atoms with Gasteiger partial charge in [0.05, 0.1) is 0 Å². The highest BCUT2D eigenvalue weighted by Crippen LogP contribution is 2.14. The molecule has 0 nitrogen and oxygen atoms in total. The highest BCUT2D eigenvalue weighted by Gasteiger charge is 1.94. The third kappa shape index (κ3) is 7.41. The van der Waals surface area contributed by atoms with Crippen molar-refractivity contribution in [2.75, 3.05) is 0 Å². The molecule has 0 heterocycles. The Morgan fingerprint density at radius 1 is 0.733 bits per heavy atom. The van der Waals surface area contributed by atoms with E-state index in [-0.39, 0.29) is 0 Å². The lowest BCUT2D eigenvalue weighted by Gasteiger charge is -2.04. The maximum atomic E-state index is 2.44. The quantitative estimate of drug-likeness (QED) is 0.452. The van der Waals surface area contributed by atoms with E-state index in [1.54, 1.807) is 11.1 Å². The summed E-state index contributed by atoms with van der Waals surface area (Å²) in [6.07, 6.45) is 13.6. The lowest BCUT2D eigenvalue weighted by Crippen LogP contribution is -1.83. The minimum absolute atomic E-state index is 1.22. The molecule has 0 saturated heterocycles. The van der Waals surface area contributed by atoms with E-state index in [0.29, 0.717) is 0 Å². The zero-order valence-corrected chi connectivity index (χ0v) is 11.1. The van der Waals surface area contributed by atoms with Crippen LogP contribution in [-0.2, 0) is 0 Å². The predicted molar refractivity (Wildman–Crippen MR) is 71.2 cm³/mol. The summed E-state index contributed by atoms with van der Waals surface area (Å²) in [5.41, 5.74) is 3.25. The SMILES string of the molecule is CCC/C=C(\CC)CCC=C(CC)CC. The van der Waals surface area contributed by atoms with Crippen LogP contribution < -0.4 is 0 Å². The Morgan fingerprint density at radius 3 is 1.73 bits per heavy atom. The summed E-state index contributed by atoms with van der Waals surface area (Å²) in [6.45, 7) is 9.02.